The number of benzene rings is 2. The minimum atomic E-state index is -1.11. The highest BCUT2D eigenvalue weighted by molar-refractivity contribution is 5.94. The number of carbonyl (C=O) groups excluding carboxylic acids is 3. The molecule has 186 valence electrons. The minimum Gasteiger partial charge on any atom is -0.454 e. The molecular formula is C25H26N6O5. The monoisotopic (exact) mass is 490 g/mol. The van der Waals surface area contributed by atoms with E-state index in [0.717, 1.165) is 16.5 Å². The first-order valence-electron chi connectivity index (χ1n) is 11.2. The lowest BCUT2D eigenvalue weighted by atomic mass is 10.1. The van der Waals surface area contributed by atoms with Crippen molar-refractivity contribution in [3.05, 3.63) is 82.4 Å². The molecule has 0 aliphatic heterocycles. The van der Waals surface area contributed by atoms with E-state index in [1.54, 1.807) is 49.1 Å². The molecule has 0 aliphatic carbocycles. The Morgan fingerprint density at radius 2 is 1.78 bits per heavy atom. The highest BCUT2D eigenvalue weighted by atomic mass is 16.5. The molecule has 36 heavy (non-hydrogen) atoms. The predicted molar refractivity (Wildman–Crippen MR) is 134 cm³/mol. The fraction of sp³-hybridized carbons (Fsp3) is 0.200. The van der Waals surface area contributed by atoms with Gasteiger partial charge < -0.3 is 26.1 Å². The number of anilines is 1. The van der Waals surface area contributed by atoms with Gasteiger partial charge in [-0.3, -0.25) is 14.3 Å². The number of hydrogen-bond acceptors (Lipinski definition) is 5. The van der Waals surface area contributed by atoms with Gasteiger partial charge >= 0.3 is 12.0 Å². The Labute approximate surface area is 205 Å². The summed E-state index contributed by atoms with van der Waals surface area (Å²) >= 11 is 0. The third-order valence-electron chi connectivity index (χ3n) is 5.86. The number of ether oxygens (including phenoxy) is 1. The van der Waals surface area contributed by atoms with Gasteiger partial charge in [-0.1, -0.05) is 36.4 Å². The van der Waals surface area contributed by atoms with E-state index >= 15 is 0 Å². The van der Waals surface area contributed by atoms with Gasteiger partial charge in [0, 0.05) is 30.6 Å². The third-order valence-corrected chi connectivity index (χ3v) is 5.86. The molecule has 0 bridgehead atoms. The number of amides is 3. The second-order valence-corrected chi connectivity index (χ2v) is 8.22. The molecule has 0 aliphatic rings. The Morgan fingerprint density at radius 1 is 1.08 bits per heavy atom. The van der Waals surface area contributed by atoms with Crippen molar-refractivity contribution in [1.29, 1.82) is 0 Å². The SMILES string of the molecule is Cc1c(NC(=O)COC(=O)C(Cc2c[nH]c3ccccc23)NC(N)=O)c(=O)n(-c2ccccc2)n1C. The summed E-state index contributed by atoms with van der Waals surface area (Å²) < 4.78 is 8.19. The van der Waals surface area contributed by atoms with Gasteiger partial charge in [0.25, 0.3) is 11.5 Å². The molecule has 4 rings (SSSR count). The van der Waals surface area contributed by atoms with Crippen LogP contribution in [0, 0.1) is 6.92 Å². The van der Waals surface area contributed by atoms with Crippen LogP contribution in [0.25, 0.3) is 16.6 Å². The van der Waals surface area contributed by atoms with Crippen molar-refractivity contribution in [2.45, 2.75) is 19.4 Å². The summed E-state index contributed by atoms with van der Waals surface area (Å²) in [4.78, 5) is 52.8. The standard InChI is InChI=1S/C25H26N6O5/c1-15-22(23(33)31(30(15)2)17-8-4-3-5-9-17)29-21(32)14-36-24(34)20(28-25(26)35)12-16-13-27-19-11-7-6-10-18(16)19/h3-11,13,20,27H,12,14H2,1-2H3,(H,29,32)(H3,26,28,35). The van der Waals surface area contributed by atoms with E-state index in [9.17, 15) is 19.2 Å². The predicted octanol–water partition coefficient (Wildman–Crippen LogP) is 1.73. The second-order valence-electron chi connectivity index (χ2n) is 8.22. The van der Waals surface area contributed by atoms with Crippen LogP contribution in [-0.2, 0) is 27.8 Å². The molecule has 0 radical (unpaired) electrons. The first kappa shape index (κ1) is 24.3. The van der Waals surface area contributed by atoms with Crippen LogP contribution in [0.1, 0.15) is 11.3 Å². The number of primary amides is 1. The van der Waals surface area contributed by atoms with Gasteiger partial charge in [0.2, 0.25) is 0 Å². The summed E-state index contributed by atoms with van der Waals surface area (Å²) in [6, 6.07) is 14.5. The zero-order valence-corrected chi connectivity index (χ0v) is 19.8. The van der Waals surface area contributed by atoms with Gasteiger partial charge in [0.15, 0.2) is 6.61 Å². The van der Waals surface area contributed by atoms with E-state index in [1.807, 2.05) is 30.3 Å². The smallest absolute Gasteiger partial charge is 0.329 e. The number of para-hydroxylation sites is 2. The van der Waals surface area contributed by atoms with Gasteiger partial charge in [-0.15, -0.1) is 0 Å². The maximum absolute atomic E-state index is 13.0. The van der Waals surface area contributed by atoms with E-state index in [4.69, 9.17) is 10.5 Å². The molecule has 0 saturated carbocycles. The van der Waals surface area contributed by atoms with E-state index in [1.165, 1.54) is 4.68 Å². The second kappa shape index (κ2) is 10.2. The lowest BCUT2D eigenvalue weighted by molar-refractivity contribution is -0.149. The summed E-state index contributed by atoms with van der Waals surface area (Å²) in [6.45, 7) is 1.04. The van der Waals surface area contributed by atoms with Gasteiger partial charge in [-0.2, -0.15) is 0 Å². The summed E-state index contributed by atoms with van der Waals surface area (Å²) in [5.41, 5.74) is 7.70. The molecule has 5 N–H and O–H groups in total. The fourth-order valence-corrected chi connectivity index (χ4v) is 4.01. The number of nitrogens with one attached hydrogen (secondary N) is 3. The van der Waals surface area contributed by atoms with Crippen LogP contribution in [0.2, 0.25) is 0 Å². The lowest BCUT2D eigenvalue weighted by Crippen LogP contribution is -2.46. The number of urea groups is 1. The van der Waals surface area contributed by atoms with Gasteiger partial charge in [-0.05, 0) is 30.7 Å². The van der Waals surface area contributed by atoms with E-state index in [2.05, 4.69) is 15.6 Å². The van der Waals surface area contributed by atoms with Crippen molar-refractivity contribution >= 4 is 34.5 Å². The van der Waals surface area contributed by atoms with Crippen LogP contribution in [0.3, 0.4) is 0 Å². The number of carbonyl (C=O) groups is 3. The van der Waals surface area contributed by atoms with Gasteiger partial charge in [-0.25, -0.2) is 14.3 Å². The fourth-order valence-electron chi connectivity index (χ4n) is 4.01. The molecule has 1 atom stereocenters. The van der Waals surface area contributed by atoms with Crippen molar-refractivity contribution in [2.75, 3.05) is 11.9 Å². The Kier molecular flexibility index (Phi) is 6.91. The average molecular weight is 491 g/mol. The number of aromatic amines is 1. The van der Waals surface area contributed by atoms with Crippen LogP contribution in [0.15, 0.2) is 65.6 Å². The number of esters is 1. The number of H-pyrrole nitrogens is 1. The Balaban J connectivity index is 1.44. The van der Waals surface area contributed by atoms with E-state index < -0.39 is 36.1 Å². The van der Waals surface area contributed by atoms with Crippen LogP contribution in [-0.4, -0.2) is 44.9 Å². The van der Waals surface area contributed by atoms with Crippen LogP contribution in [0.5, 0.6) is 0 Å². The number of aromatic nitrogens is 3. The summed E-state index contributed by atoms with van der Waals surface area (Å²) in [5.74, 6) is -1.53. The van der Waals surface area contributed by atoms with Gasteiger partial charge in [0.05, 0.1) is 11.4 Å². The topological polar surface area (TPSA) is 153 Å². The summed E-state index contributed by atoms with van der Waals surface area (Å²) in [6.07, 6.45) is 1.84. The first-order valence-corrected chi connectivity index (χ1v) is 11.2. The maximum Gasteiger partial charge on any atom is 0.329 e. The molecule has 2 heterocycles. The van der Waals surface area contributed by atoms with Crippen LogP contribution in [0.4, 0.5) is 10.5 Å². The van der Waals surface area contributed by atoms with Crippen molar-refractivity contribution in [1.82, 2.24) is 19.7 Å². The highest BCUT2D eigenvalue weighted by Crippen LogP contribution is 2.19. The zero-order chi connectivity index (χ0) is 25.8. The van der Waals surface area contributed by atoms with Crippen molar-refractivity contribution < 1.29 is 19.1 Å². The Bertz CT molecular complexity index is 1480. The number of nitrogens with zero attached hydrogens (tertiary/aromatic N) is 2. The highest BCUT2D eigenvalue weighted by Gasteiger charge is 2.25. The van der Waals surface area contributed by atoms with Crippen molar-refractivity contribution in [3.63, 3.8) is 0 Å². The molecule has 0 saturated heterocycles. The number of nitrogens with two attached hydrogens (primary N) is 1. The molecule has 0 fully saturated rings. The van der Waals surface area contributed by atoms with Crippen molar-refractivity contribution in [2.24, 2.45) is 12.8 Å². The molecular weight excluding hydrogens is 464 g/mol. The van der Waals surface area contributed by atoms with Crippen molar-refractivity contribution in [3.8, 4) is 5.69 Å². The summed E-state index contributed by atoms with van der Waals surface area (Å²) in [7, 11) is 1.70. The third kappa shape index (κ3) is 4.99. The lowest BCUT2D eigenvalue weighted by Gasteiger charge is -2.16. The molecule has 3 amide bonds. The van der Waals surface area contributed by atoms with Crippen LogP contribution < -0.4 is 21.9 Å². The number of fused-ring (bicyclic) bond motifs is 1. The number of hydrogen-bond donors (Lipinski definition) is 4. The number of rotatable bonds is 8. The first-order chi connectivity index (χ1) is 17.3. The Hall–Kier alpha value is -4.80. The molecule has 4 aromatic rings. The molecule has 2 aromatic carbocycles. The van der Waals surface area contributed by atoms with Gasteiger partial charge in [0.1, 0.15) is 11.7 Å². The molecule has 0 spiro atoms. The van der Waals surface area contributed by atoms with Crippen LogP contribution >= 0.6 is 0 Å². The van der Waals surface area contributed by atoms with E-state index in [0.29, 0.717) is 11.4 Å². The molecule has 11 nitrogen and oxygen atoms in total. The Morgan fingerprint density at radius 3 is 2.50 bits per heavy atom. The summed E-state index contributed by atoms with van der Waals surface area (Å²) in [5, 5.41) is 5.78. The largest absolute Gasteiger partial charge is 0.454 e. The van der Waals surface area contributed by atoms with E-state index in [-0.39, 0.29) is 12.1 Å². The maximum atomic E-state index is 13.0. The molecule has 11 heteroatoms. The zero-order valence-electron chi connectivity index (χ0n) is 19.8. The molecule has 1 unspecified atom stereocenters. The quantitative estimate of drug-likeness (QED) is 0.277. The average Bonchev–Trinajstić information content (AvgIpc) is 3.36. The molecule has 2 aromatic heterocycles. The normalized spacial score (nSPS) is 11.7. The minimum absolute atomic E-state index is 0.0769.